The third kappa shape index (κ3) is 3.63. The number of ether oxygens (including phenoxy) is 1. The molecule has 2 aromatic rings. The molecule has 0 radical (unpaired) electrons. The Morgan fingerprint density at radius 3 is 2.21 bits per heavy atom. The molecule has 0 saturated heterocycles. The fourth-order valence-corrected chi connectivity index (χ4v) is 2.26. The first-order valence-electron chi connectivity index (χ1n) is 5.97. The molecule has 0 aliphatic carbocycles. The molecule has 19 heavy (non-hydrogen) atoms. The Morgan fingerprint density at radius 1 is 1.00 bits per heavy atom. The minimum Gasteiger partial charge on any atom is -0.454 e. The van der Waals surface area contributed by atoms with Crippen molar-refractivity contribution in [2.24, 2.45) is 0 Å². The molecule has 0 bridgehead atoms. The molecule has 100 valence electrons. The molecule has 0 aliphatic rings. The lowest BCUT2D eigenvalue weighted by atomic mass is 10.2. The number of benzene rings is 2. The van der Waals surface area contributed by atoms with Gasteiger partial charge in [-0.1, -0.05) is 35.3 Å². The number of halogens is 2. The van der Waals surface area contributed by atoms with Gasteiger partial charge in [0.15, 0.2) is 0 Å². The highest BCUT2D eigenvalue weighted by molar-refractivity contribution is 6.33. The summed E-state index contributed by atoms with van der Waals surface area (Å²) in [5, 5.41) is 4.23. The van der Waals surface area contributed by atoms with E-state index in [0.29, 0.717) is 21.5 Å². The standard InChI is InChI=1S/C15H15Cl2NO/c1-10-3-5-14(12(16)7-10)19-15-6-4-11(9-18-2)8-13(15)17/h3-8,18H,9H2,1-2H3. The molecule has 0 saturated carbocycles. The van der Waals surface area contributed by atoms with Crippen LogP contribution in [0.1, 0.15) is 11.1 Å². The molecule has 4 heteroatoms. The van der Waals surface area contributed by atoms with Crippen LogP contribution in [0.2, 0.25) is 10.0 Å². The molecule has 0 heterocycles. The molecule has 0 fully saturated rings. The maximum absolute atomic E-state index is 6.20. The van der Waals surface area contributed by atoms with E-state index in [-0.39, 0.29) is 0 Å². The molecule has 0 spiro atoms. The molecule has 0 atom stereocenters. The van der Waals surface area contributed by atoms with Crippen LogP contribution in [-0.2, 0) is 6.54 Å². The summed E-state index contributed by atoms with van der Waals surface area (Å²) in [6, 6.07) is 11.4. The third-order valence-electron chi connectivity index (χ3n) is 2.68. The predicted octanol–water partition coefficient (Wildman–Crippen LogP) is 4.81. The van der Waals surface area contributed by atoms with Crippen molar-refractivity contribution < 1.29 is 4.74 Å². The lowest BCUT2D eigenvalue weighted by molar-refractivity contribution is 0.482. The first-order chi connectivity index (χ1) is 9.10. The molecule has 1 N–H and O–H groups in total. The van der Waals surface area contributed by atoms with E-state index in [1.165, 1.54) is 0 Å². The third-order valence-corrected chi connectivity index (χ3v) is 3.28. The maximum Gasteiger partial charge on any atom is 0.146 e. The van der Waals surface area contributed by atoms with Gasteiger partial charge in [-0.15, -0.1) is 0 Å². The quantitative estimate of drug-likeness (QED) is 0.874. The van der Waals surface area contributed by atoms with Crippen molar-refractivity contribution >= 4 is 23.2 Å². The largest absolute Gasteiger partial charge is 0.454 e. The highest BCUT2D eigenvalue weighted by Crippen LogP contribution is 2.34. The van der Waals surface area contributed by atoms with E-state index in [2.05, 4.69) is 5.32 Å². The van der Waals surface area contributed by atoms with E-state index in [1.54, 1.807) is 0 Å². The van der Waals surface area contributed by atoms with Crippen LogP contribution in [0.4, 0.5) is 0 Å². The van der Waals surface area contributed by atoms with Crippen LogP contribution in [0, 0.1) is 6.92 Å². The Balaban J connectivity index is 2.23. The molecule has 0 aliphatic heterocycles. The van der Waals surface area contributed by atoms with Crippen LogP contribution in [0.3, 0.4) is 0 Å². The number of nitrogens with one attached hydrogen (secondary N) is 1. The van der Waals surface area contributed by atoms with Crippen LogP contribution in [0.5, 0.6) is 11.5 Å². The fourth-order valence-electron chi connectivity index (χ4n) is 1.75. The Kier molecular flexibility index (Phi) is 4.70. The SMILES string of the molecule is CNCc1ccc(Oc2ccc(C)cc2Cl)c(Cl)c1. The zero-order valence-electron chi connectivity index (χ0n) is 10.8. The highest BCUT2D eigenvalue weighted by Gasteiger charge is 2.07. The van der Waals surface area contributed by atoms with Gasteiger partial charge in [-0.3, -0.25) is 0 Å². The zero-order valence-corrected chi connectivity index (χ0v) is 12.3. The Hall–Kier alpha value is -1.22. The van der Waals surface area contributed by atoms with Gasteiger partial charge in [0.05, 0.1) is 10.0 Å². The first-order valence-corrected chi connectivity index (χ1v) is 6.73. The van der Waals surface area contributed by atoms with Crippen LogP contribution in [0.25, 0.3) is 0 Å². The van der Waals surface area contributed by atoms with Gasteiger partial charge in [-0.25, -0.2) is 0 Å². The predicted molar refractivity (Wildman–Crippen MR) is 80.5 cm³/mol. The summed E-state index contributed by atoms with van der Waals surface area (Å²) in [6.07, 6.45) is 0. The Labute approximate surface area is 123 Å². The maximum atomic E-state index is 6.20. The second kappa shape index (κ2) is 6.29. The van der Waals surface area contributed by atoms with Crippen molar-refractivity contribution in [2.75, 3.05) is 7.05 Å². The number of hydrogen-bond acceptors (Lipinski definition) is 2. The molecule has 0 amide bonds. The molecule has 2 aromatic carbocycles. The van der Waals surface area contributed by atoms with Gasteiger partial charge < -0.3 is 10.1 Å². The summed E-state index contributed by atoms with van der Waals surface area (Å²) in [4.78, 5) is 0. The van der Waals surface area contributed by atoms with Gasteiger partial charge in [-0.05, 0) is 49.4 Å². The minimum atomic E-state index is 0.574. The van der Waals surface area contributed by atoms with Crippen molar-refractivity contribution in [3.05, 3.63) is 57.6 Å². The topological polar surface area (TPSA) is 21.3 Å². The Bertz CT molecular complexity index is 584. The smallest absolute Gasteiger partial charge is 0.146 e. The van der Waals surface area contributed by atoms with Crippen LogP contribution in [0.15, 0.2) is 36.4 Å². The number of hydrogen-bond donors (Lipinski definition) is 1. The van der Waals surface area contributed by atoms with Gasteiger partial charge in [0.25, 0.3) is 0 Å². The van der Waals surface area contributed by atoms with E-state index in [9.17, 15) is 0 Å². The second-order valence-corrected chi connectivity index (χ2v) is 5.15. The van der Waals surface area contributed by atoms with E-state index >= 15 is 0 Å². The van der Waals surface area contributed by atoms with Crippen molar-refractivity contribution in [1.82, 2.24) is 5.32 Å². The minimum absolute atomic E-state index is 0.574. The van der Waals surface area contributed by atoms with E-state index in [4.69, 9.17) is 27.9 Å². The molecular formula is C15H15Cl2NO. The van der Waals surface area contributed by atoms with Crippen molar-refractivity contribution in [3.8, 4) is 11.5 Å². The monoisotopic (exact) mass is 295 g/mol. The van der Waals surface area contributed by atoms with Gasteiger partial charge in [0.2, 0.25) is 0 Å². The summed E-state index contributed by atoms with van der Waals surface area (Å²) in [6.45, 7) is 2.75. The average Bonchev–Trinajstić information content (AvgIpc) is 2.36. The summed E-state index contributed by atoms with van der Waals surface area (Å²) in [7, 11) is 1.89. The van der Waals surface area contributed by atoms with Crippen molar-refractivity contribution in [1.29, 1.82) is 0 Å². The first kappa shape index (κ1) is 14.2. The van der Waals surface area contributed by atoms with Gasteiger partial charge in [0.1, 0.15) is 11.5 Å². The van der Waals surface area contributed by atoms with Crippen LogP contribution in [-0.4, -0.2) is 7.05 Å². The highest BCUT2D eigenvalue weighted by atomic mass is 35.5. The second-order valence-electron chi connectivity index (χ2n) is 4.33. The fraction of sp³-hybridized carbons (Fsp3) is 0.200. The number of aryl methyl sites for hydroxylation is 1. The number of rotatable bonds is 4. The summed E-state index contributed by atoms with van der Waals surface area (Å²) in [5.74, 6) is 1.21. The Morgan fingerprint density at radius 2 is 1.63 bits per heavy atom. The van der Waals surface area contributed by atoms with Gasteiger partial charge >= 0.3 is 0 Å². The molecule has 0 aromatic heterocycles. The van der Waals surface area contributed by atoms with Gasteiger partial charge in [0, 0.05) is 6.54 Å². The summed E-state index contributed by atoms with van der Waals surface area (Å²) < 4.78 is 5.74. The molecule has 0 unspecified atom stereocenters. The lowest BCUT2D eigenvalue weighted by Gasteiger charge is -2.11. The normalized spacial score (nSPS) is 10.5. The summed E-state index contributed by atoms with van der Waals surface area (Å²) >= 11 is 12.3. The van der Waals surface area contributed by atoms with E-state index in [0.717, 1.165) is 17.7 Å². The van der Waals surface area contributed by atoms with Crippen LogP contribution < -0.4 is 10.1 Å². The van der Waals surface area contributed by atoms with E-state index in [1.807, 2.05) is 50.4 Å². The molecular weight excluding hydrogens is 281 g/mol. The lowest BCUT2D eigenvalue weighted by Crippen LogP contribution is -2.04. The van der Waals surface area contributed by atoms with E-state index < -0.39 is 0 Å². The average molecular weight is 296 g/mol. The summed E-state index contributed by atoms with van der Waals surface area (Å²) in [5.41, 5.74) is 2.20. The van der Waals surface area contributed by atoms with Crippen molar-refractivity contribution in [2.45, 2.75) is 13.5 Å². The zero-order chi connectivity index (χ0) is 13.8. The van der Waals surface area contributed by atoms with Gasteiger partial charge in [-0.2, -0.15) is 0 Å². The van der Waals surface area contributed by atoms with Crippen molar-refractivity contribution in [3.63, 3.8) is 0 Å². The molecule has 2 rings (SSSR count). The molecule has 2 nitrogen and oxygen atoms in total. The van der Waals surface area contributed by atoms with Crippen LogP contribution >= 0.6 is 23.2 Å².